The molecule has 3 rings (SSSR count). The van der Waals surface area contributed by atoms with Gasteiger partial charge in [0.1, 0.15) is 22.9 Å². The van der Waals surface area contributed by atoms with Gasteiger partial charge in [-0.25, -0.2) is 4.98 Å². The fourth-order valence-electron chi connectivity index (χ4n) is 3.08. The van der Waals surface area contributed by atoms with E-state index in [1.807, 2.05) is 13.8 Å². The first kappa shape index (κ1) is 25.1. The first-order valence-electron chi connectivity index (χ1n) is 11.2. The zero-order valence-electron chi connectivity index (χ0n) is 19.4. The van der Waals surface area contributed by atoms with Gasteiger partial charge in [0.2, 0.25) is 5.95 Å². The average molecular weight is 475 g/mol. The molecule has 0 atom stereocenters. The van der Waals surface area contributed by atoms with Gasteiger partial charge in [-0.2, -0.15) is 18.2 Å². The zero-order valence-corrected chi connectivity index (χ0v) is 19.4. The molecular weight excluding hydrogens is 445 g/mol. The van der Waals surface area contributed by atoms with Crippen molar-refractivity contribution in [1.29, 1.82) is 0 Å². The minimum Gasteiger partial charge on any atom is -0.494 e. The van der Waals surface area contributed by atoms with Gasteiger partial charge < -0.3 is 20.1 Å². The molecule has 9 heteroatoms. The van der Waals surface area contributed by atoms with E-state index in [1.54, 1.807) is 48.5 Å². The first-order valence-corrected chi connectivity index (χ1v) is 11.2. The summed E-state index contributed by atoms with van der Waals surface area (Å²) in [7, 11) is 0. The summed E-state index contributed by atoms with van der Waals surface area (Å²) in [5, 5.41) is 5.68. The Labute approximate surface area is 197 Å². The summed E-state index contributed by atoms with van der Waals surface area (Å²) in [5.41, 5.74) is 0.108. The lowest BCUT2D eigenvalue weighted by atomic mass is 10.2. The number of rotatable bonds is 11. The standard InChI is InChI=1S/C25H29F3N4O2/c1-4-5-6-15-33-20-11-7-18(8-12-20)30-23-22(25(26,27)28)16-29-24(32-23)31-19-9-13-21(14-10-19)34-17(2)3/h7-14,16-17H,4-6,15H2,1-3H3,(H2,29,30,31,32). The lowest BCUT2D eigenvalue weighted by molar-refractivity contribution is -0.137. The van der Waals surface area contributed by atoms with Gasteiger partial charge in [0.25, 0.3) is 0 Å². The van der Waals surface area contributed by atoms with Crippen LogP contribution in [0.5, 0.6) is 11.5 Å². The summed E-state index contributed by atoms with van der Waals surface area (Å²) in [5.74, 6) is 1.03. The van der Waals surface area contributed by atoms with Crippen LogP contribution in [0, 0.1) is 0 Å². The maximum Gasteiger partial charge on any atom is 0.421 e. The zero-order chi connectivity index (χ0) is 24.6. The summed E-state index contributed by atoms with van der Waals surface area (Å²) >= 11 is 0. The fraction of sp³-hybridized carbons (Fsp3) is 0.360. The van der Waals surface area contributed by atoms with Gasteiger partial charge in [-0.3, -0.25) is 0 Å². The van der Waals surface area contributed by atoms with Crippen molar-refractivity contribution in [3.05, 3.63) is 60.3 Å². The SMILES string of the molecule is CCCCCOc1ccc(Nc2nc(Nc3ccc(OC(C)C)cc3)ncc2C(F)(F)F)cc1. The average Bonchev–Trinajstić information content (AvgIpc) is 2.78. The minimum atomic E-state index is -4.61. The molecule has 0 unspecified atom stereocenters. The highest BCUT2D eigenvalue weighted by atomic mass is 19.4. The summed E-state index contributed by atoms with van der Waals surface area (Å²) in [6, 6.07) is 13.7. The lowest BCUT2D eigenvalue weighted by Crippen LogP contribution is -2.12. The van der Waals surface area contributed by atoms with Crippen molar-refractivity contribution in [2.75, 3.05) is 17.2 Å². The number of benzene rings is 2. The molecule has 2 aromatic carbocycles. The van der Waals surface area contributed by atoms with Crippen molar-refractivity contribution in [1.82, 2.24) is 9.97 Å². The number of anilines is 4. The number of hydrogen-bond donors (Lipinski definition) is 2. The first-order chi connectivity index (χ1) is 16.2. The molecule has 1 heterocycles. The van der Waals surface area contributed by atoms with Gasteiger partial charge in [-0.05, 0) is 68.8 Å². The number of hydrogen-bond acceptors (Lipinski definition) is 6. The predicted octanol–water partition coefficient (Wildman–Crippen LogP) is 7.34. The van der Waals surface area contributed by atoms with Crippen LogP contribution in [0.25, 0.3) is 0 Å². The normalized spacial score (nSPS) is 11.4. The summed E-state index contributed by atoms with van der Waals surface area (Å²) in [4.78, 5) is 7.92. The Kier molecular flexibility index (Phi) is 8.56. The maximum atomic E-state index is 13.6. The third-order valence-corrected chi connectivity index (χ3v) is 4.71. The van der Waals surface area contributed by atoms with Crippen LogP contribution < -0.4 is 20.1 Å². The van der Waals surface area contributed by atoms with Gasteiger partial charge in [0.05, 0.1) is 12.7 Å². The van der Waals surface area contributed by atoms with Crippen molar-refractivity contribution in [3.8, 4) is 11.5 Å². The second kappa shape index (κ2) is 11.6. The number of nitrogens with zero attached hydrogens (tertiary/aromatic N) is 2. The van der Waals surface area contributed by atoms with E-state index in [1.165, 1.54) is 0 Å². The molecule has 1 aromatic heterocycles. The lowest BCUT2D eigenvalue weighted by Gasteiger charge is -2.15. The van der Waals surface area contributed by atoms with Crippen LogP contribution >= 0.6 is 0 Å². The van der Waals surface area contributed by atoms with Gasteiger partial charge >= 0.3 is 6.18 Å². The monoisotopic (exact) mass is 474 g/mol. The van der Waals surface area contributed by atoms with E-state index < -0.39 is 11.7 Å². The molecule has 6 nitrogen and oxygen atoms in total. The molecule has 0 aliphatic rings. The Balaban J connectivity index is 1.74. The Bertz CT molecular complexity index is 1040. The quantitative estimate of drug-likeness (QED) is 0.283. The Morgan fingerprint density at radius 3 is 2.09 bits per heavy atom. The van der Waals surface area contributed by atoms with E-state index in [4.69, 9.17) is 9.47 Å². The number of alkyl halides is 3. The fourth-order valence-corrected chi connectivity index (χ4v) is 3.08. The molecule has 2 N–H and O–H groups in total. The molecule has 0 amide bonds. The van der Waals surface area contributed by atoms with Crippen molar-refractivity contribution in [3.63, 3.8) is 0 Å². The molecule has 0 bridgehead atoms. The Hall–Kier alpha value is -3.49. The van der Waals surface area contributed by atoms with Crippen LogP contribution in [-0.2, 0) is 6.18 Å². The second-order valence-corrected chi connectivity index (χ2v) is 7.97. The topological polar surface area (TPSA) is 68.3 Å². The van der Waals surface area contributed by atoms with Crippen LogP contribution in [0.2, 0.25) is 0 Å². The van der Waals surface area contributed by atoms with E-state index >= 15 is 0 Å². The van der Waals surface area contributed by atoms with E-state index in [2.05, 4.69) is 27.5 Å². The van der Waals surface area contributed by atoms with Crippen LogP contribution in [0.3, 0.4) is 0 Å². The third-order valence-electron chi connectivity index (χ3n) is 4.71. The van der Waals surface area contributed by atoms with E-state index in [9.17, 15) is 13.2 Å². The van der Waals surface area contributed by atoms with E-state index in [-0.39, 0.29) is 17.9 Å². The Morgan fingerprint density at radius 1 is 0.882 bits per heavy atom. The van der Waals surface area contributed by atoms with E-state index in [0.29, 0.717) is 29.5 Å². The predicted molar refractivity (Wildman–Crippen MR) is 127 cm³/mol. The summed E-state index contributed by atoms with van der Waals surface area (Å²) < 4.78 is 51.9. The van der Waals surface area contributed by atoms with Crippen molar-refractivity contribution >= 4 is 23.1 Å². The molecule has 0 fully saturated rings. The molecule has 182 valence electrons. The number of unbranched alkanes of at least 4 members (excludes halogenated alkanes) is 2. The highest BCUT2D eigenvalue weighted by Crippen LogP contribution is 2.35. The highest BCUT2D eigenvalue weighted by Gasteiger charge is 2.35. The van der Waals surface area contributed by atoms with Crippen molar-refractivity contribution < 1.29 is 22.6 Å². The number of halogens is 3. The van der Waals surface area contributed by atoms with Crippen molar-refractivity contribution in [2.45, 2.75) is 52.3 Å². The summed E-state index contributed by atoms with van der Waals surface area (Å²) in [6.07, 6.45) is -0.679. The largest absolute Gasteiger partial charge is 0.494 e. The summed E-state index contributed by atoms with van der Waals surface area (Å²) in [6.45, 7) is 6.56. The van der Waals surface area contributed by atoms with Crippen LogP contribution in [-0.4, -0.2) is 22.7 Å². The smallest absolute Gasteiger partial charge is 0.421 e. The molecule has 3 aromatic rings. The Morgan fingerprint density at radius 2 is 1.50 bits per heavy atom. The highest BCUT2D eigenvalue weighted by molar-refractivity contribution is 5.63. The van der Waals surface area contributed by atoms with Gasteiger partial charge in [-0.15, -0.1) is 0 Å². The van der Waals surface area contributed by atoms with E-state index in [0.717, 1.165) is 25.5 Å². The molecule has 34 heavy (non-hydrogen) atoms. The van der Waals surface area contributed by atoms with Gasteiger partial charge in [0.15, 0.2) is 0 Å². The minimum absolute atomic E-state index is 0.0314. The molecular formula is C25H29F3N4O2. The maximum absolute atomic E-state index is 13.6. The third kappa shape index (κ3) is 7.54. The van der Waals surface area contributed by atoms with Gasteiger partial charge in [0, 0.05) is 17.6 Å². The van der Waals surface area contributed by atoms with Crippen LogP contribution in [0.15, 0.2) is 54.7 Å². The molecule has 0 saturated heterocycles. The molecule has 0 aliphatic carbocycles. The van der Waals surface area contributed by atoms with Crippen LogP contribution in [0.4, 0.5) is 36.3 Å². The number of aromatic nitrogens is 2. The number of ether oxygens (including phenoxy) is 2. The molecule has 0 saturated carbocycles. The van der Waals surface area contributed by atoms with Crippen LogP contribution in [0.1, 0.15) is 45.6 Å². The molecule has 0 aliphatic heterocycles. The number of nitrogens with one attached hydrogen (secondary N) is 2. The molecule has 0 spiro atoms. The molecule has 0 radical (unpaired) electrons. The second-order valence-electron chi connectivity index (χ2n) is 7.97. The van der Waals surface area contributed by atoms with Gasteiger partial charge in [-0.1, -0.05) is 19.8 Å². The van der Waals surface area contributed by atoms with Crippen molar-refractivity contribution in [2.24, 2.45) is 0 Å².